The number of para-hydroxylation sites is 1. The average Bonchev–Trinajstić information content (AvgIpc) is 4.01. The Morgan fingerprint density at radius 3 is 2.25 bits per heavy atom. The van der Waals surface area contributed by atoms with E-state index in [2.05, 4.69) is 28.6 Å². The Morgan fingerprint density at radius 1 is 0.855 bits per heavy atom. The summed E-state index contributed by atoms with van der Waals surface area (Å²) in [6, 6.07) is 32.1. The highest BCUT2D eigenvalue weighted by atomic mass is 32.1. The summed E-state index contributed by atoms with van der Waals surface area (Å²) >= 11 is 1.24. The van der Waals surface area contributed by atoms with E-state index in [1.165, 1.54) is 30.6 Å². The number of phenols is 1. The minimum absolute atomic E-state index is 0.0523. The Bertz CT molecular complexity index is 3060. The van der Waals surface area contributed by atoms with Crippen LogP contribution in [0.3, 0.4) is 0 Å². The van der Waals surface area contributed by atoms with Crippen LogP contribution in [-0.2, 0) is 34.1 Å². The molecule has 0 unspecified atom stereocenters. The quantitative estimate of drug-likeness (QED) is 0.0990. The molecule has 10 rings (SSSR count). The first-order valence-electron chi connectivity index (χ1n) is 23.1. The number of carbonyl (C=O) groups excluding carboxylic acids is 5. The molecule has 3 N–H and O–H groups in total. The molecule has 0 saturated carbocycles. The largest absolute Gasteiger partial charge is 0.508 e. The van der Waals surface area contributed by atoms with E-state index in [0.29, 0.717) is 22.2 Å². The topological polar surface area (TPSA) is 167 Å². The van der Waals surface area contributed by atoms with Gasteiger partial charge in [-0.15, -0.1) is 0 Å². The van der Waals surface area contributed by atoms with Gasteiger partial charge in [-0.25, -0.2) is 19.5 Å². The van der Waals surface area contributed by atoms with Gasteiger partial charge in [0.15, 0.2) is 5.13 Å². The van der Waals surface area contributed by atoms with Crippen LogP contribution in [0.4, 0.5) is 15.6 Å². The number of thiazole rings is 1. The van der Waals surface area contributed by atoms with Gasteiger partial charge in [-0.05, 0) is 102 Å². The number of esters is 2. The summed E-state index contributed by atoms with van der Waals surface area (Å²) in [4.78, 5) is 83.9. The number of carbonyl (C=O) groups is 5. The van der Waals surface area contributed by atoms with Gasteiger partial charge in [0.2, 0.25) is 11.8 Å². The summed E-state index contributed by atoms with van der Waals surface area (Å²) in [5, 5.41) is 16.8. The van der Waals surface area contributed by atoms with Crippen molar-refractivity contribution in [3.05, 3.63) is 167 Å². The first-order valence-corrected chi connectivity index (χ1v) is 23.9. The maximum absolute atomic E-state index is 16.6. The molecule has 2 saturated heterocycles. The minimum atomic E-state index is -2.10. The Morgan fingerprint density at radius 2 is 1.57 bits per heavy atom. The lowest BCUT2D eigenvalue weighted by Crippen LogP contribution is -2.57. The van der Waals surface area contributed by atoms with E-state index in [0.717, 1.165) is 46.4 Å². The number of benzene rings is 5. The monoisotopic (exact) mass is 939 g/mol. The number of ether oxygens (including phenoxy) is 2. The molecule has 14 heteroatoms. The van der Waals surface area contributed by atoms with E-state index in [1.807, 2.05) is 89.8 Å². The van der Waals surface area contributed by atoms with Gasteiger partial charge in [0.1, 0.15) is 29.4 Å². The van der Waals surface area contributed by atoms with Crippen LogP contribution in [-0.4, -0.2) is 64.0 Å². The van der Waals surface area contributed by atoms with Crippen molar-refractivity contribution in [2.24, 2.45) is 11.8 Å². The number of hydrogen-bond acceptors (Lipinski definition) is 11. The maximum Gasteiger partial charge on any atom is 0.329 e. The molecule has 6 aromatic rings. The lowest BCUT2D eigenvalue weighted by molar-refractivity contribution is -0.177. The number of amides is 4. The van der Waals surface area contributed by atoms with E-state index in [4.69, 9.17) is 14.5 Å². The summed E-state index contributed by atoms with van der Waals surface area (Å²) < 4.78 is 12.5. The molecule has 13 nitrogen and oxygen atoms in total. The molecule has 1 aromatic heterocycles. The Labute approximate surface area is 403 Å². The molecule has 7 atom stereocenters. The van der Waals surface area contributed by atoms with Crippen LogP contribution in [0.5, 0.6) is 5.75 Å². The van der Waals surface area contributed by atoms with E-state index in [9.17, 15) is 9.90 Å². The molecule has 3 aliphatic heterocycles. The lowest BCUT2D eigenvalue weighted by atomic mass is 9.65. The van der Waals surface area contributed by atoms with Crippen LogP contribution in [0.25, 0.3) is 10.2 Å². The van der Waals surface area contributed by atoms with Crippen molar-refractivity contribution in [3.63, 3.8) is 0 Å². The number of morpholine rings is 1. The number of nitrogens with one attached hydrogen (secondary N) is 2. The summed E-state index contributed by atoms with van der Waals surface area (Å²) in [5.41, 5.74) is 2.31. The first-order chi connectivity index (χ1) is 33.5. The van der Waals surface area contributed by atoms with E-state index in [1.54, 1.807) is 44.2 Å². The summed E-state index contributed by atoms with van der Waals surface area (Å²) in [5.74, 6) is 1.53. The van der Waals surface area contributed by atoms with Crippen molar-refractivity contribution in [3.8, 4) is 17.6 Å². The van der Waals surface area contributed by atoms with Crippen molar-refractivity contribution in [1.29, 1.82) is 0 Å². The molecular formula is C55H49N5O8S. The number of fused-ring (bicyclic) bond motifs is 4. The van der Waals surface area contributed by atoms with E-state index in [-0.39, 0.29) is 22.1 Å². The molecular weight excluding hydrogens is 891 g/mol. The van der Waals surface area contributed by atoms with Gasteiger partial charge in [-0.3, -0.25) is 19.3 Å². The second-order valence-electron chi connectivity index (χ2n) is 18.1. The van der Waals surface area contributed by atoms with Gasteiger partial charge in [0.05, 0.1) is 41.0 Å². The molecule has 348 valence electrons. The number of rotatable bonds is 8. The molecule has 1 aliphatic carbocycles. The second-order valence-corrected chi connectivity index (χ2v) is 19.2. The highest BCUT2D eigenvalue weighted by molar-refractivity contribution is 7.22. The van der Waals surface area contributed by atoms with Gasteiger partial charge in [0.25, 0.3) is 0 Å². The molecule has 5 aromatic carbocycles. The van der Waals surface area contributed by atoms with Crippen LogP contribution in [0, 0.1) is 23.7 Å². The van der Waals surface area contributed by atoms with Gasteiger partial charge in [0, 0.05) is 5.56 Å². The first kappa shape index (κ1) is 45.2. The summed E-state index contributed by atoms with van der Waals surface area (Å²) in [7, 11) is 1.22. The fourth-order valence-electron chi connectivity index (χ4n) is 10.7. The van der Waals surface area contributed by atoms with E-state index >= 15 is 19.2 Å². The Balaban J connectivity index is 1.27. The number of phenolic OH excluding ortho intramolecular Hbond substituents is 1. The zero-order valence-electron chi connectivity index (χ0n) is 38.1. The fraction of sp³-hybridized carbons (Fsp3) is 0.273. The molecule has 4 amide bonds. The van der Waals surface area contributed by atoms with Crippen molar-refractivity contribution < 1.29 is 38.6 Å². The van der Waals surface area contributed by atoms with Crippen molar-refractivity contribution in [2.45, 2.75) is 75.2 Å². The number of methoxy groups -OCH3 is 1. The fourth-order valence-corrected chi connectivity index (χ4v) is 11.5. The summed E-state index contributed by atoms with van der Waals surface area (Å²) in [6.45, 7) is 3.49. The third-order valence-corrected chi connectivity index (χ3v) is 14.7. The van der Waals surface area contributed by atoms with Crippen molar-refractivity contribution in [1.82, 2.24) is 15.2 Å². The number of cyclic esters (lactones) is 1. The van der Waals surface area contributed by atoms with Gasteiger partial charge < -0.3 is 25.2 Å². The molecule has 1 spiro atoms. The number of allylic oxidation sites excluding steroid dienone is 2. The standard InChI is InChI=1S/C55H49N5O8S/c1-32(2)44(50(63)67-3)57-54(66)59-41-30-25-34(24-23-33-15-7-4-8-16-33)31-39(41)55(52(59)65)43(49(62)58-53-56-40-21-13-14-22-42(40)69-53)46-51(64)68-47(36-19-11-6-12-20-36)45(35-17-9-5-10-18-35)60(46)48(55)37-26-28-38(61)29-27-37/h5-6,9-15,17-22,25-32,43-48,61H,4,7-8,16H2,1-3H3,(H,57,66)(H,56,58,62)/t43-,44-,45-,46-,47+,48+,55-/m0/s1. The lowest BCUT2D eigenvalue weighted by Gasteiger charge is -2.46. The Hall–Kier alpha value is -7.60. The maximum atomic E-state index is 16.6. The highest BCUT2D eigenvalue weighted by Crippen LogP contribution is 2.66. The number of nitrogens with zero attached hydrogens (tertiary/aromatic N) is 3. The van der Waals surface area contributed by atoms with Crippen molar-refractivity contribution >= 4 is 62.2 Å². The SMILES string of the molecule is COC(=O)[C@@H](NC(=O)N1C(=O)[C@@]2(c3cc(C#CC4=CCCCC4)ccc31)[C@H](C(=O)Nc1nc3ccccc3s1)[C@H]1C(=O)O[C@H](c3ccccc3)[C@H](c3ccccc3)N1[C@@H]2c1ccc(O)cc1)C(C)C. The van der Waals surface area contributed by atoms with Gasteiger partial charge >= 0.3 is 18.0 Å². The molecule has 0 radical (unpaired) electrons. The number of imide groups is 1. The van der Waals surface area contributed by atoms with Crippen molar-refractivity contribution in [2.75, 3.05) is 17.3 Å². The highest BCUT2D eigenvalue weighted by Gasteiger charge is 2.75. The smallest absolute Gasteiger partial charge is 0.329 e. The second kappa shape index (κ2) is 18.5. The zero-order chi connectivity index (χ0) is 48.0. The number of aromatic nitrogens is 1. The van der Waals surface area contributed by atoms with Crippen LogP contribution in [0.2, 0.25) is 0 Å². The number of urea groups is 1. The van der Waals surface area contributed by atoms with Crippen LogP contribution >= 0.6 is 11.3 Å². The molecule has 0 bridgehead atoms. The average molecular weight is 940 g/mol. The third-order valence-electron chi connectivity index (χ3n) is 13.7. The molecule has 69 heavy (non-hydrogen) atoms. The van der Waals surface area contributed by atoms with Crippen LogP contribution in [0.15, 0.2) is 139 Å². The normalized spacial score (nSPS) is 23.3. The Kier molecular flexibility index (Phi) is 12.1. The predicted octanol–water partition coefficient (Wildman–Crippen LogP) is 9.07. The van der Waals surface area contributed by atoms with Gasteiger partial charge in [-0.2, -0.15) is 0 Å². The van der Waals surface area contributed by atoms with E-state index < -0.39 is 77.3 Å². The summed E-state index contributed by atoms with van der Waals surface area (Å²) in [6.07, 6.45) is 5.01. The third kappa shape index (κ3) is 7.91. The predicted molar refractivity (Wildman–Crippen MR) is 261 cm³/mol. The molecule has 2 fully saturated rings. The van der Waals surface area contributed by atoms with Crippen LogP contribution < -0.4 is 15.5 Å². The molecule has 4 aliphatic rings. The minimum Gasteiger partial charge on any atom is -0.508 e. The van der Waals surface area contributed by atoms with Crippen LogP contribution in [0.1, 0.15) is 85.5 Å². The number of hydrogen-bond donors (Lipinski definition) is 3. The zero-order valence-corrected chi connectivity index (χ0v) is 38.9. The number of aromatic hydroxyl groups is 1. The molecule has 4 heterocycles. The van der Waals surface area contributed by atoms with Gasteiger partial charge in [-0.1, -0.05) is 128 Å². The number of anilines is 2.